The van der Waals surface area contributed by atoms with Gasteiger partial charge in [-0.3, -0.25) is 14.4 Å². The second-order valence-electron chi connectivity index (χ2n) is 8.53. The van der Waals surface area contributed by atoms with E-state index in [-0.39, 0.29) is 29.7 Å². The Bertz CT molecular complexity index is 553. The Hall–Kier alpha value is -1.63. The summed E-state index contributed by atoms with van der Waals surface area (Å²) in [4.78, 5) is 39.8. The molecule has 2 heterocycles. The molecule has 2 N–H and O–H groups in total. The third-order valence-electron chi connectivity index (χ3n) is 5.83. The number of carbonyl (C=O) groups excluding carboxylic acids is 3. The topological polar surface area (TPSA) is 81.8 Å². The maximum atomic E-state index is 12.5. The number of nitrogens with one attached hydrogen (secondary N) is 2. The quantitative estimate of drug-likeness (QED) is 0.670. The van der Waals surface area contributed by atoms with E-state index in [0.29, 0.717) is 30.7 Å². The molecule has 2 aliphatic heterocycles. The zero-order valence-electron chi connectivity index (χ0n) is 16.2. The molecule has 0 spiro atoms. The van der Waals surface area contributed by atoms with Gasteiger partial charge in [0.25, 0.3) is 0 Å². The summed E-state index contributed by atoms with van der Waals surface area (Å²) < 4.78 is 0. The van der Waals surface area contributed by atoms with E-state index < -0.39 is 0 Å². The molecule has 7 heteroatoms. The van der Waals surface area contributed by atoms with Crippen LogP contribution in [0, 0.1) is 23.7 Å². The molecule has 0 aromatic carbocycles. The summed E-state index contributed by atoms with van der Waals surface area (Å²) >= 11 is 0. The predicted octanol–water partition coefficient (Wildman–Crippen LogP) is 0.0635. The average Bonchev–Trinajstić information content (AvgIpc) is 2.97. The highest BCUT2D eigenvalue weighted by Crippen LogP contribution is 2.45. The van der Waals surface area contributed by atoms with Crippen molar-refractivity contribution in [3.8, 4) is 0 Å². The SMILES string of the molecule is CC(=O)NCCC(=O)N1C[C@@H]2C(NC(=O)C3CCN(CC(C)C)C3)[C@@H]2C1. The average molecular weight is 364 g/mol. The van der Waals surface area contributed by atoms with Crippen molar-refractivity contribution in [3.63, 3.8) is 0 Å². The Balaban J connectivity index is 1.35. The number of fused-ring (bicyclic) bond motifs is 1. The van der Waals surface area contributed by atoms with Crippen molar-refractivity contribution in [2.24, 2.45) is 23.7 Å². The highest BCUT2D eigenvalue weighted by Gasteiger charge is 2.57. The Morgan fingerprint density at radius 1 is 1.12 bits per heavy atom. The first kappa shape index (κ1) is 19.1. The smallest absolute Gasteiger partial charge is 0.224 e. The number of amides is 3. The summed E-state index contributed by atoms with van der Waals surface area (Å²) in [7, 11) is 0. The van der Waals surface area contributed by atoms with E-state index in [9.17, 15) is 14.4 Å². The molecule has 26 heavy (non-hydrogen) atoms. The molecule has 3 aliphatic rings. The van der Waals surface area contributed by atoms with E-state index in [1.165, 1.54) is 6.92 Å². The minimum Gasteiger partial charge on any atom is -0.356 e. The van der Waals surface area contributed by atoms with Crippen LogP contribution in [0.5, 0.6) is 0 Å². The third kappa shape index (κ3) is 4.55. The lowest BCUT2D eigenvalue weighted by Crippen LogP contribution is -2.40. The Labute approximate surface area is 155 Å². The van der Waals surface area contributed by atoms with E-state index in [1.54, 1.807) is 0 Å². The Morgan fingerprint density at radius 3 is 2.42 bits per heavy atom. The van der Waals surface area contributed by atoms with Crippen LogP contribution in [-0.4, -0.2) is 72.8 Å². The van der Waals surface area contributed by atoms with Crippen molar-refractivity contribution in [2.75, 3.05) is 39.3 Å². The van der Waals surface area contributed by atoms with Crippen LogP contribution in [0.3, 0.4) is 0 Å². The number of likely N-dealkylation sites (tertiary alicyclic amines) is 2. The molecular formula is C19H32N4O3. The number of nitrogens with zero attached hydrogens (tertiary/aromatic N) is 2. The van der Waals surface area contributed by atoms with Crippen LogP contribution >= 0.6 is 0 Å². The molecule has 0 aromatic heterocycles. The molecule has 1 saturated carbocycles. The van der Waals surface area contributed by atoms with E-state index in [4.69, 9.17) is 0 Å². The van der Waals surface area contributed by atoms with E-state index in [1.807, 2.05) is 4.90 Å². The van der Waals surface area contributed by atoms with Crippen LogP contribution in [0.1, 0.15) is 33.6 Å². The maximum absolute atomic E-state index is 12.5. The molecule has 3 amide bonds. The van der Waals surface area contributed by atoms with E-state index in [2.05, 4.69) is 29.4 Å². The summed E-state index contributed by atoms with van der Waals surface area (Å²) in [6.07, 6.45) is 1.30. The molecule has 146 valence electrons. The van der Waals surface area contributed by atoms with Crippen LogP contribution in [0.15, 0.2) is 0 Å². The van der Waals surface area contributed by atoms with Crippen molar-refractivity contribution < 1.29 is 14.4 Å². The number of rotatable bonds is 7. The lowest BCUT2D eigenvalue weighted by molar-refractivity contribution is -0.130. The van der Waals surface area contributed by atoms with Gasteiger partial charge in [0.15, 0.2) is 0 Å². The minimum atomic E-state index is -0.108. The standard InChI is InChI=1S/C19H32N4O3/c1-12(2)8-22-7-5-14(9-22)19(26)21-18-15-10-23(11-16(15)18)17(25)4-6-20-13(3)24/h12,14-16,18H,4-11H2,1-3H3,(H,20,24)(H,21,26)/t14?,15-,16+,18?. The first-order valence-corrected chi connectivity index (χ1v) is 9.90. The highest BCUT2D eigenvalue weighted by atomic mass is 16.2. The molecular weight excluding hydrogens is 332 g/mol. The molecule has 2 unspecified atom stereocenters. The van der Waals surface area contributed by atoms with Gasteiger partial charge in [-0.15, -0.1) is 0 Å². The van der Waals surface area contributed by atoms with Crippen LogP contribution in [0.4, 0.5) is 0 Å². The van der Waals surface area contributed by atoms with Gasteiger partial charge in [-0.1, -0.05) is 13.8 Å². The van der Waals surface area contributed by atoms with Gasteiger partial charge in [-0.05, 0) is 18.9 Å². The van der Waals surface area contributed by atoms with Crippen molar-refractivity contribution in [1.82, 2.24) is 20.4 Å². The summed E-state index contributed by atoms with van der Waals surface area (Å²) in [6.45, 7) is 10.7. The molecule has 0 bridgehead atoms. The first-order valence-electron chi connectivity index (χ1n) is 9.90. The first-order chi connectivity index (χ1) is 12.3. The zero-order valence-corrected chi connectivity index (χ0v) is 16.2. The van der Waals surface area contributed by atoms with Gasteiger partial charge < -0.3 is 20.4 Å². The van der Waals surface area contributed by atoms with Gasteiger partial charge in [0.05, 0.1) is 5.92 Å². The number of hydrogen-bond acceptors (Lipinski definition) is 4. The minimum absolute atomic E-state index is 0.0937. The van der Waals surface area contributed by atoms with Crippen LogP contribution in [-0.2, 0) is 14.4 Å². The van der Waals surface area contributed by atoms with Gasteiger partial charge >= 0.3 is 0 Å². The van der Waals surface area contributed by atoms with Crippen LogP contribution in [0.2, 0.25) is 0 Å². The number of hydrogen-bond donors (Lipinski definition) is 2. The van der Waals surface area contributed by atoms with Gasteiger partial charge in [-0.2, -0.15) is 0 Å². The Kier molecular flexibility index (Phi) is 5.85. The number of carbonyl (C=O) groups is 3. The highest BCUT2D eigenvalue weighted by molar-refractivity contribution is 5.81. The van der Waals surface area contributed by atoms with Gasteiger partial charge in [-0.25, -0.2) is 0 Å². The van der Waals surface area contributed by atoms with Crippen LogP contribution in [0.25, 0.3) is 0 Å². The second-order valence-corrected chi connectivity index (χ2v) is 8.53. The molecule has 3 fully saturated rings. The lowest BCUT2D eigenvalue weighted by atomic mass is 10.1. The van der Waals surface area contributed by atoms with Crippen molar-refractivity contribution >= 4 is 17.7 Å². The normalized spacial score (nSPS) is 30.4. The second kappa shape index (κ2) is 7.94. The molecule has 3 rings (SSSR count). The van der Waals surface area contributed by atoms with Gasteiger partial charge in [0.1, 0.15) is 0 Å². The fraction of sp³-hybridized carbons (Fsp3) is 0.842. The molecule has 2 saturated heterocycles. The van der Waals surface area contributed by atoms with E-state index >= 15 is 0 Å². The monoisotopic (exact) mass is 364 g/mol. The summed E-state index contributed by atoms with van der Waals surface area (Å²) in [5.74, 6) is 1.76. The number of piperidine rings is 1. The largest absolute Gasteiger partial charge is 0.356 e. The van der Waals surface area contributed by atoms with Crippen molar-refractivity contribution in [2.45, 2.75) is 39.7 Å². The fourth-order valence-electron chi connectivity index (χ4n) is 4.46. The summed E-state index contributed by atoms with van der Waals surface area (Å²) in [6, 6.07) is 0.251. The van der Waals surface area contributed by atoms with Crippen molar-refractivity contribution in [3.05, 3.63) is 0 Å². The molecule has 0 aromatic rings. The molecule has 0 radical (unpaired) electrons. The van der Waals surface area contributed by atoms with Crippen LogP contribution < -0.4 is 10.6 Å². The van der Waals surface area contributed by atoms with Gasteiger partial charge in [0, 0.05) is 63.9 Å². The van der Waals surface area contributed by atoms with Gasteiger partial charge in [0.2, 0.25) is 17.7 Å². The summed E-state index contributed by atoms with van der Waals surface area (Å²) in [5, 5.41) is 5.88. The lowest BCUT2D eigenvalue weighted by Gasteiger charge is -2.21. The predicted molar refractivity (Wildman–Crippen MR) is 98.2 cm³/mol. The molecule has 7 nitrogen and oxygen atoms in total. The fourth-order valence-corrected chi connectivity index (χ4v) is 4.46. The maximum Gasteiger partial charge on any atom is 0.224 e. The Morgan fingerprint density at radius 2 is 1.81 bits per heavy atom. The zero-order chi connectivity index (χ0) is 18.8. The van der Waals surface area contributed by atoms with Crippen molar-refractivity contribution in [1.29, 1.82) is 0 Å². The molecule has 4 atom stereocenters. The summed E-state index contributed by atoms with van der Waals surface area (Å²) in [5.41, 5.74) is 0. The molecule has 1 aliphatic carbocycles. The third-order valence-corrected chi connectivity index (χ3v) is 5.83. The van der Waals surface area contributed by atoms with E-state index in [0.717, 1.165) is 39.1 Å².